The number of aromatic nitrogens is 4. The molecule has 0 unspecified atom stereocenters. The highest BCUT2D eigenvalue weighted by atomic mass is 16.5. The maximum atomic E-state index is 5.42. The van der Waals surface area contributed by atoms with Crippen LogP contribution in [0.15, 0.2) is 48.9 Å². The highest BCUT2D eigenvalue weighted by molar-refractivity contribution is 6.24. The van der Waals surface area contributed by atoms with E-state index >= 15 is 0 Å². The molecule has 0 saturated carbocycles. The number of hydrogen-bond donors (Lipinski definition) is 0. The Morgan fingerprint density at radius 2 is 1.48 bits per heavy atom. The van der Waals surface area contributed by atoms with Crippen LogP contribution < -0.4 is 9.47 Å². The van der Waals surface area contributed by atoms with Crippen molar-refractivity contribution < 1.29 is 9.47 Å². The molecule has 0 bridgehead atoms. The van der Waals surface area contributed by atoms with Crippen LogP contribution in [0, 0.1) is 0 Å². The Balaban J connectivity index is 2.08. The largest absolute Gasteiger partial charge is 0.497 e. The zero-order valence-corrected chi connectivity index (χ0v) is 13.7. The van der Waals surface area contributed by atoms with E-state index in [0.717, 1.165) is 43.9 Å². The van der Waals surface area contributed by atoms with E-state index in [9.17, 15) is 0 Å². The van der Waals surface area contributed by atoms with E-state index in [2.05, 4.69) is 16.3 Å². The van der Waals surface area contributed by atoms with Crippen LogP contribution in [-0.4, -0.2) is 33.8 Å². The van der Waals surface area contributed by atoms with Crippen molar-refractivity contribution in [3.8, 4) is 11.5 Å². The Morgan fingerprint density at radius 3 is 2.20 bits per heavy atom. The van der Waals surface area contributed by atoms with Gasteiger partial charge in [0.15, 0.2) is 0 Å². The predicted octanol–water partition coefficient (Wildman–Crippen LogP) is 3.60. The fraction of sp³-hybridized carbons (Fsp3) is 0.105. The molecule has 0 saturated heterocycles. The third-order valence-corrected chi connectivity index (χ3v) is 4.58. The summed E-state index contributed by atoms with van der Waals surface area (Å²) in [5.74, 6) is 2.19. The Labute approximate surface area is 142 Å². The van der Waals surface area contributed by atoms with E-state index in [-0.39, 0.29) is 0 Å². The van der Waals surface area contributed by atoms with E-state index in [4.69, 9.17) is 14.5 Å². The van der Waals surface area contributed by atoms with Gasteiger partial charge in [0.25, 0.3) is 5.78 Å². The highest BCUT2D eigenvalue weighted by Gasteiger charge is 2.13. The molecule has 0 spiro atoms. The molecule has 0 aliphatic heterocycles. The first-order valence-corrected chi connectivity index (χ1v) is 7.86. The third-order valence-electron chi connectivity index (χ3n) is 4.58. The fourth-order valence-corrected chi connectivity index (χ4v) is 3.36. The van der Waals surface area contributed by atoms with Crippen LogP contribution >= 0.6 is 0 Å². The highest BCUT2D eigenvalue weighted by Crippen LogP contribution is 2.37. The molecular formula is C19H14N4O2. The first kappa shape index (κ1) is 14.0. The summed E-state index contributed by atoms with van der Waals surface area (Å²) < 4.78 is 12.7. The molecule has 25 heavy (non-hydrogen) atoms. The molecule has 0 radical (unpaired) electrons. The van der Waals surface area contributed by atoms with Gasteiger partial charge in [-0.3, -0.25) is 4.40 Å². The number of benzene rings is 3. The number of rotatable bonds is 2. The Morgan fingerprint density at radius 1 is 0.800 bits per heavy atom. The van der Waals surface area contributed by atoms with Crippen molar-refractivity contribution in [3.63, 3.8) is 0 Å². The molecule has 0 aliphatic carbocycles. The van der Waals surface area contributed by atoms with Crippen molar-refractivity contribution >= 4 is 38.2 Å². The lowest BCUT2D eigenvalue weighted by Crippen LogP contribution is -1.93. The number of methoxy groups -OCH3 is 2. The lowest BCUT2D eigenvalue weighted by Gasteiger charge is -2.12. The third kappa shape index (κ3) is 1.94. The monoisotopic (exact) mass is 330 g/mol. The van der Waals surface area contributed by atoms with Crippen LogP contribution in [0.3, 0.4) is 0 Å². The molecule has 2 aromatic heterocycles. The Kier molecular flexibility index (Phi) is 2.82. The molecule has 5 aromatic rings. The standard InChI is InChI=1S/C19H14N4O2/c1-24-11-3-5-13-15-7-12(25-2)4-6-14(15)18-17(16(13)8-11)9-23-10-20-22-19(23)21-18/h3-10H,1-2H3. The Bertz CT molecular complexity index is 1280. The van der Waals surface area contributed by atoms with Gasteiger partial charge in [-0.25, -0.2) is 4.98 Å². The fourth-order valence-electron chi connectivity index (χ4n) is 3.36. The molecule has 5 rings (SSSR count). The molecule has 0 N–H and O–H groups in total. The van der Waals surface area contributed by atoms with Crippen molar-refractivity contribution in [1.82, 2.24) is 19.6 Å². The normalized spacial score (nSPS) is 11.6. The van der Waals surface area contributed by atoms with Crippen molar-refractivity contribution in [2.45, 2.75) is 0 Å². The molecule has 0 amide bonds. The summed E-state index contributed by atoms with van der Waals surface area (Å²) in [4.78, 5) is 4.73. The average molecular weight is 330 g/mol. The minimum atomic E-state index is 0.576. The zero-order chi connectivity index (χ0) is 17.0. The van der Waals surface area contributed by atoms with Crippen LogP contribution in [0.1, 0.15) is 0 Å². The zero-order valence-electron chi connectivity index (χ0n) is 13.7. The number of ether oxygens (including phenoxy) is 2. The van der Waals surface area contributed by atoms with E-state index in [1.807, 2.05) is 40.9 Å². The number of hydrogen-bond acceptors (Lipinski definition) is 5. The molecule has 0 aliphatic rings. The Hall–Kier alpha value is -3.41. The average Bonchev–Trinajstić information content (AvgIpc) is 3.13. The SMILES string of the molecule is COc1ccc2c(c1)c1ccc(OC)cc1c1cn3cnnc3nc21. The molecule has 3 aromatic carbocycles. The van der Waals surface area contributed by atoms with Crippen LogP contribution in [-0.2, 0) is 0 Å². The van der Waals surface area contributed by atoms with Gasteiger partial charge in [-0.2, -0.15) is 0 Å². The second-order valence-electron chi connectivity index (χ2n) is 5.86. The van der Waals surface area contributed by atoms with Crippen LogP contribution in [0.4, 0.5) is 0 Å². The van der Waals surface area contributed by atoms with E-state index < -0.39 is 0 Å². The second kappa shape index (κ2) is 5.04. The molecule has 122 valence electrons. The lowest BCUT2D eigenvalue weighted by atomic mass is 9.97. The minimum Gasteiger partial charge on any atom is -0.497 e. The maximum Gasteiger partial charge on any atom is 0.255 e. The summed E-state index contributed by atoms with van der Waals surface area (Å²) in [6.45, 7) is 0. The van der Waals surface area contributed by atoms with E-state index in [1.54, 1.807) is 20.5 Å². The van der Waals surface area contributed by atoms with Crippen LogP contribution in [0.25, 0.3) is 38.2 Å². The molecular weight excluding hydrogens is 316 g/mol. The van der Waals surface area contributed by atoms with Crippen LogP contribution in [0.2, 0.25) is 0 Å². The van der Waals surface area contributed by atoms with E-state index in [1.165, 1.54) is 0 Å². The van der Waals surface area contributed by atoms with Gasteiger partial charge in [0.2, 0.25) is 0 Å². The quantitative estimate of drug-likeness (QED) is 0.463. The molecule has 0 fully saturated rings. The summed E-state index contributed by atoms with van der Waals surface area (Å²) in [5.41, 5.74) is 0.888. The summed E-state index contributed by atoms with van der Waals surface area (Å²) >= 11 is 0. The number of fused-ring (bicyclic) bond motifs is 7. The topological polar surface area (TPSA) is 61.5 Å². The second-order valence-corrected chi connectivity index (χ2v) is 5.86. The summed E-state index contributed by atoms with van der Waals surface area (Å²) in [7, 11) is 3.34. The molecule has 6 nitrogen and oxygen atoms in total. The van der Waals surface area contributed by atoms with Gasteiger partial charge < -0.3 is 9.47 Å². The van der Waals surface area contributed by atoms with Crippen molar-refractivity contribution in [1.29, 1.82) is 0 Å². The van der Waals surface area contributed by atoms with Crippen molar-refractivity contribution in [2.24, 2.45) is 0 Å². The van der Waals surface area contributed by atoms with Gasteiger partial charge in [-0.05, 0) is 46.5 Å². The summed E-state index contributed by atoms with van der Waals surface area (Å²) in [6, 6.07) is 12.1. The van der Waals surface area contributed by atoms with Gasteiger partial charge in [-0.1, -0.05) is 6.07 Å². The minimum absolute atomic E-state index is 0.576. The van der Waals surface area contributed by atoms with Gasteiger partial charge in [-0.15, -0.1) is 10.2 Å². The van der Waals surface area contributed by atoms with E-state index in [0.29, 0.717) is 5.78 Å². The maximum absolute atomic E-state index is 5.42. The lowest BCUT2D eigenvalue weighted by molar-refractivity contribution is 0.415. The molecule has 2 heterocycles. The number of nitrogens with zero attached hydrogens (tertiary/aromatic N) is 4. The molecule has 6 heteroatoms. The van der Waals surface area contributed by atoms with Crippen molar-refractivity contribution in [2.75, 3.05) is 14.2 Å². The predicted molar refractivity (Wildman–Crippen MR) is 96.4 cm³/mol. The first-order chi connectivity index (χ1) is 12.3. The summed E-state index contributed by atoms with van der Waals surface area (Å²) in [6.07, 6.45) is 3.68. The van der Waals surface area contributed by atoms with Crippen molar-refractivity contribution in [3.05, 3.63) is 48.9 Å². The molecule has 0 atom stereocenters. The first-order valence-electron chi connectivity index (χ1n) is 7.86. The summed E-state index contributed by atoms with van der Waals surface area (Å²) in [5, 5.41) is 13.4. The van der Waals surface area contributed by atoms with Crippen LogP contribution in [0.5, 0.6) is 11.5 Å². The van der Waals surface area contributed by atoms with Gasteiger partial charge in [0.1, 0.15) is 17.8 Å². The van der Waals surface area contributed by atoms with Gasteiger partial charge >= 0.3 is 0 Å². The smallest absolute Gasteiger partial charge is 0.255 e. The van der Waals surface area contributed by atoms with Gasteiger partial charge in [0, 0.05) is 17.0 Å². The van der Waals surface area contributed by atoms with Gasteiger partial charge in [0.05, 0.1) is 19.7 Å².